The molecule has 2 aromatic carbocycles. The molecule has 0 fully saturated rings. The quantitative estimate of drug-likeness (QED) is 0.719. The number of H-pyrrole nitrogens is 1. The molecule has 1 aromatic heterocycles. The van der Waals surface area contributed by atoms with Gasteiger partial charge in [0.05, 0.1) is 16.6 Å². The van der Waals surface area contributed by atoms with E-state index in [0.717, 1.165) is 0 Å². The molecule has 0 aliphatic carbocycles. The van der Waals surface area contributed by atoms with Crippen LogP contribution >= 0.6 is 11.6 Å². The number of benzene rings is 2. The Morgan fingerprint density at radius 2 is 1.75 bits per heavy atom. The first-order valence-electron chi connectivity index (χ1n) is 5.80. The Hall–Kier alpha value is -2.53. The van der Waals surface area contributed by atoms with Crippen molar-refractivity contribution in [3.8, 4) is 11.4 Å². The SMILES string of the molecule is O=c1[nH]c(=O)n(-c2ccc(O)cc2)c2cc(Cl)ccc12. The van der Waals surface area contributed by atoms with E-state index < -0.39 is 11.2 Å². The lowest BCUT2D eigenvalue weighted by atomic mass is 10.2. The van der Waals surface area contributed by atoms with Gasteiger partial charge >= 0.3 is 5.69 Å². The summed E-state index contributed by atoms with van der Waals surface area (Å²) in [5.41, 5.74) is -0.0830. The summed E-state index contributed by atoms with van der Waals surface area (Å²) in [6.45, 7) is 0. The zero-order valence-corrected chi connectivity index (χ0v) is 10.9. The van der Waals surface area contributed by atoms with Gasteiger partial charge in [-0.25, -0.2) is 4.79 Å². The topological polar surface area (TPSA) is 75.1 Å². The maximum atomic E-state index is 12.1. The lowest BCUT2D eigenvalue weighted by molar-refractivity contribution is 0.475. The van der Waals surface area contributed by atoms with Crippen LogP contribution in [-0.4, -0.2) is 14.7 Å². The van der Waals surface area contributed by atoms with Crippen LogP contribution in [0.15, 0.2) is 52.1 Å². The molecule has 0 bridgehead atoms. The number of hydrogen-bond acceptors (Lipinski definition) is 3. The Morgan fingerprint density at radius 3 is 2.45 bits per heavy atom. The van der Waals surface area contributed by atoms with Crippen LogP contribution in [0.4, 0.5) is 0 Å². The first-order valence-corrected chi connectivity index (χ1v) is 6.18. The number of aromatic nitrogens is 2. The molecule has 0 saturated heterocycles. The van der Waals surface area contributed by atoms with Crippen molar-refractivity contribution >= 4 is 22.5 Å². The van der Waals surface area contributed by atoms with Gasteiger partial charge in [0, 0.05) is 5.02 Å². The highest BCUT2D eigenvalue weighted by Gasteiger charge is 2.09. The van der Waals surface area contributed by atoms with E-state index in [1.54, 1.807) is 30.3 Å². The number of rotatable bonds is 1. The number of phenolic OH excluding ortho intramolecular Hbond substituents is 1. The van der Waals surface area contributed by atoms with Crippen LogP contribution in [-0.2, 0) is 0 Å². The number of halogens is 1. The molecule has 0 spiro atoms. The molecule has 20 heavy (non-hydrogen) atoms. The summed E-state index contributed by atoms with van der Waals surface area (Å²) in [6, 6.07) is 10.8. The second-order valence-electron chi connectivity index (χ2n) is 4.27. The first-order chi connectivity index (χ1) is 9.56. The molecule has 0 radical (unpaired) electrons. The van der Waals surface area contributed by atoms with Crippen LogP contribution in [0.1, 0.15) is 0 Å². The fourth-order valence-corrected chi connectivity index (χ4v) is 2.24. The van der Waals surface area contributed by atoms with Crippen molar-refractivity contribution in [2.75, 3.05) is 0 Å². The minimum atomic E-state index is -0.560. The number of aromatic hydroxyl groups is 1. The van der Waals surface area contributed by atoms with Crippen LogP contribution in [0.5, 0.6) is 5.75 Å². The Labute approximate surface area is 117 Å². The number of hydrogen-bond donors (Lipinski definition) is 2. The fourth-order valence-electron chi connectivity index (χ4n) is 2.07. The first kappa shape index (κ1) is 12.5. The van der Waals surface area contributed by atoms with E-state index in [0.29, 0.717) is 21.6 Å². The molecule has 6 heteroatoms. The van der Waals surface area contributed by atoms with Crippen LogP contribution in [0.2, 0.25) is 5.02 Å². The third-order valence-corrected chi connectivity index (χ3v) is 3.21. The Balaban J connectivity index is 2.46. The van der Waals surface area contributed by atoms with Crippen molar-refractivity contribution in [1.29, 1.82) is 0 Å². The van der Waals surface area contributed by atoms with Crippen molar-refractivity contribution in [1.82, 2.24) is 9.55 Å². The summed E-state index contributed by atoms with van der Waals surface area (Å²) in [5, 5.41) is 10.1. The highest BCUT2D eigenvalue weighted by Crippen LogP contribution is 2.19. The second-order valence-corrected chi connectivity index (χ2v) is 4.71. The van der Waals surface area contributed by atoms with Gasteiger partial charge in [0.15, 0.2) is 0 Å². The summed E-state index contributed by atoms with van der Waals surface area (Å²) in [6.07, 6.45) is 0. The number of nitrogens with one attached hydrogen (secondary N) is 1. The lowest BCUT2D eigenvalue weighted by Crippen LogP contribution is -2.29. The van der Waals surface area contributed by atoms with Crippen molar-refractivity contribution in [2.24, 2.45) is 0 Å². The molecule has 5 nitrogen and oxygen atoms in total. The molecule has 0 atom stereocenters. The molecule has 1 heterocycles. The van der Waals surface area contributed by atoms with Crippen molar-refractivity contribution in [2.45, 2.75) is 0 Å². The Morgan fingerprint density at radius 1 is 1.05 bits per heavy atom. The normalized spacial score (nSPS) is 10.8. The average molecular weight is 289 g/mol. The van der Waals surface area contributed by atoms with E-state index in [1.807, 2.05) is 0 Å². The summed E-state index contributed by atoms with van der Waals surface area (Å²) in [4.78, 5) is 26.1. The van der Waals surface area contributed by atoms with Gasteiger partial charge in [0.25, 0.3) is 5.56 Å². The minimum Gasteiger partial charge on any atom is -0.508 e. The summed E-state index contributed by atoms with van der Waals surface area (Å²) in [7, 11) is 0. The molecule has 0 amide bonds. The van der Waals surface area contributed by atoms with E-state index in [9.17, 15) is 14.7 Å². The van der Waals surface area contributed by atoms with Gasteiger partial charge in [-0.1, -0.05) is 11.6 Å². The van der Waals surface area contributed by atoms with Crippen LogP contribution in [0, 0.1) is 0 Å². The molecule has 0 aliphatic rings. The third-order valence-electron chi connectivity index (χ3n) is 2.98. The summed E-state index contributed by atoms with van der Waals surface area (Å²) >= 11 is 5.94. The Bertz CT molecular complexity index is 910. The lowest BCUT2D eigenvalue weighted by Gasteiger charge is -2.09. The Kier molecular flexibility index (Phi) is 2.84. The molecule has 3 rings (SSSR count). The summed E-state index contributed by atoms with van der Waals surface area (Å²) < 4.78 is 1.34. The average Bonchev–Trinajstić information content (AvgIpc) is 2.40. The minimum absolute atomic E-state index is 0.0913. The maximum absolute atomic E-state index is 12.1. The molecule has 100 valence electrons. The standard InChI is InChI=1S/C14H9ClN2O3/c15-8-1-6-11-12(7-8)17(14(20)16-13(11)19)9-2-4-10(18)5-3-9/h1-7,18H,(H,16,19,20). The molecule has 0 saturated carbocycles. The second kappa shape index (κ2) is 4.54. The van der Waals surface area contributed by atoms with Gasteiger partial charge in [-0.05, 0) is 42.5 Å². The van der Waals surface area contributed by atoms with E-state index in [-0.39, 0.29) is 5.75 Å². The van der Waals surface area contributed by atoms with Gasteiger partial charge in [-0.15, -0.1) is 0 Å². The van der Waals surface area contributed by atoms with Gasteiger partial charge in [-0.3, -0.25) is 14.3 Å². The largest absolute Gasteiger partial charge is 0.508 e. The van der Waals surface area contributed by atoms with Crippen molar-refractivity contribution in [3.05, 3.63) is 68.3 Å². The number of phenols is 1. The van der Waals surface area contributed by atoms with E-state index >= 15 is 0 Å². The molecule has 3 aromatic rings. The zero-order chi connectivity index (χ0) is 14.3. The van der Waals surface area contributed by atoms with Gasteiger partial charge in [-0.2, -0.15) is 0 Å². The molecular weight excluding hydrogens is 280 g/mol. The molecular formula is C14H9ClN2O3. The van der Waals surface area contributed by atoms with Gasteiger partial charge in [0.1, 0.15) is 5.75 Å². The third kappa shape index (κ3) is 1.98. The predicted molar refractivity (Wildman–Crippen MR) is 76.8 cm³/mol. The van der Waals surface area contributed by atoms with Crippen LogP contribution in [0.25, 0.3) is 16.6 Å². The van der Waals surface area contributed by atoms with Crippen LogP contribution < -0.4 is 11.2 Å². The molecule has 0 aliphatic heterocycles. The van der Waals surface area contributed by atoms with E-state index in [1.165, 1.54) is 16.7 Å². The van der Waals surface area contributed by atoms with E-state index in [2.05, 4.69) is 4.98 Å². The van der Waals surface area contributed by atoms with Crippen molar-refractivity contribution < 1.29 is 5.11 Å². The molecule has 0 unspecified atom stereocenters. The monoisotopic (exact) mass is 288 g/mol. The fraction of sp³-hybridized carbons (Fsp3) is 0. The number of aromatic amines is 1. The maximum Gasteiger partial charge on any atom is 0.333 e. The summed E-state index contributed by atoms with van der Waals surface area (Å²) in [5.74, 6) is 0.0913. The van der Waals surface area contributed by atoms with E-state index in [4.69, 9.17) is 11.6 Å². The smallest absolute Gasteiger partial charge is 0.333 e. The highest BCUT2D eigenvalue weighted by molar-refractivity contribution is 6.31. The van der Waals surface area contributed by atoms with Gasteiger partial charge < -0.3 is 5.11 Å². The zero-order valence-electron chi connectivity index (χ0n) is 10.1. The molecule has 2 N–H and O–H groups in total. The van der Waals surface area contributed by atoms with Crippen molar-refractivity contribution in [3.63, 3.8) is 0 Å². The van der Waals surface area contributed by atoms with Gasteiger partial charge in [0.2, 0.25) is 0 Å². The van der Waals surface area contributed by atoms with Crippen LogP contribution in [0.3, 0.4) is 0 Å². The predicted octanol–water partition coefficient (Wildman–Crippen LogP) is 2.04. The number of nitrogens with zero attached hydrogens (tertiary/aromatic N) is 1. The highest BCUT2D eigenvalue weighted by atomic mass is 35.5. The number of fused-ring (bicyclic) bond motifs is 1.